The van der Waals surface area contributed by atoms with Crippen LogP contribution in [-0.4, -0.2) is 42.8 Å². The number of nitrogens with zero attached hydrogens (tertiary/aromatic N) is 4. The average Bonchev–Trinajstić information content (AvgIpc) is 3.03. The van der Waals surface area contributed by atoms with E-state index in [-0.39, 0.29) is 11.8 Å². The molecule has 0 bridgehead atoms. The molecular weight excluding hydrogens is 270 g/mol. The van der Waals surface area contributed by atoms with E-state index in [1.807, 2.05) is 0 Å². The van der Waals surface area contributed by atoms with Gasteiger partial charge in [0.2, 0.25) is 11.8 Å². The summed E-state index contributed by atoms with van der Waals surface area (Å²) in [4.78, 5) is 27.1. The van der Waals surface area contributed by atoms with Gasteiger partial charge in [-0.15, -0.1) is 5.10 Å². The van der Waals surface area contributed by atoms with Crippen LogP contribution in [0.15, 0.2) is 6.20 Å². The van der Waals surface area contributed by atoms with Gasteiger partial charge in [0.15, 0.2) is 0 Å². The first-order chi connectivity index (χ1) is 9.85. The lowest BCUT2D eigenvalue weighted by Crippen LogP contribution is -2.73. The van der Waals surface area contributed by atoms with Crippen LogP contribution in [0.3, 0.4) is 0 Å². The molecule has 1 saturated carbocycles. The number of aryl methyl sites for hydroxylation is 1. The first-order valence-corrected chi connectivity index (χ1v) is 7.35. The zero-order valence-electron chi connectivity index (χ0n) is 12.7. The highest BCUT2D eigenvalue weighted by molar-refractivity contribution is 6.02. The van der Waals surface area contributed by atoms with Gasteiger partial charge in [0, 0.05) is 13.2 Å². The minimum Gasteiger partial charge on any atom is -0.340 e. The molecule has 2 aliphatic rings. The van der Waals surface area contributed by atoms with Crippen LogP contribution in [0.25, 0.3) is 0 Å². The van der Waals surface area contributed by atoms with Crippen molar-refractivity contribution in [3.8, 4) is 0 Å². The number of rotatable bonds is 2. The summed E-state index contributed by atoms with van der Waals surface area (Å²) in [6, 6.07) is 0. The standard InChI is InChI=1S/C14H21N5O2/c1-13(2)11(20)15-14(6-4-5-7-14)12(21)19(13)9-10-8-18(3)17-16-10/h8H,4-7,9H2,1-3H3,(H,15,20). The number of hydrogen-bond acceptors (Lipinski definition) is 4. The summed E-state index contributed by atoms with van der Waals surface area (Å²) in [5, 5.41) is 10.9. The van der Waals surface area contributed by atoms with Gasteiger partial charge in [-0.1, -0.05) is 18.1 Å². The van der Waals surface area contributed by atoms with E-state index in [0.717, 1.165) is 25.7 Å². The molecule has 7 heteroatoms. The maximum absolute atomic E-state index is 13.0. The van der Waals surface area contributed by atoms with Gasteiger partial charge in [0.1, 0.15) is 16.8 Å². The summed E-state index contributed by atoms with van der Waals surface area (Å²) >= 11 is 0. The second-order valence-electron chi connectivity index (χ2n) is 6.58. The molecule has 2 heterocycles. The summed E-state index contributed by atoms with van der Waals surface area (Å²) in [6.07, 6.45) is 5.18. The van der Waals surface area contributed by atoms with Crippen molar-refractivity contribution in [3.05, 3.63) is 11.9 Å². The smallest absolute Gasteiger partial charge is 0.249 e. The molecule has 114 valence electrons. The second-order valence-corrected chi connectivity index (χ2v) is 6.58. The monoisotopic (exact) mass is 291 g/mol. The summed E-state index contributed by atoms with van der Waals surface area (Å²) in [6.45, 7) is 3.87. The van der Waals surface area contributed by atoms with Crippen LogP contribution in [0.4, 0.5) is 0 Å². The van der Waals surface area contributed by atoms with E-state index in [4.69, 9.17) is 0 Å². The summed E-state index contributed by atoms with van der Waals surface area (Å²) in [5.74, 6) is -0.0804. The Morgan fingerprint density at radius 2 is 1.95 bits per heavy atom. The molecule has 1 aliphatic carbocycles. The molecule has 21 heavy (non-hydrogen) atoms. The number of aromatic nitrogens is 3. The maximum Gasteiger partial charge on any atom is 0.249 e. The summed E-state index contributed by atoms with van der Waals surface area (Å²) in [7, 11) is 1.78. The Labute approximate surface area is 123 Å². The van der Waals surface area contributed by atoms with Gasteiger partial charge in [-0.25, -0.2) is 0 Å². The topological polar surface area (TPSA) is 80.1 Å². The van der Waals surface area contributed by atoms with Gasteiger partial charge in [-0.05, 0) is 26.7 Å². The Bertz CT molecular complexity index is 586. The van der Waals surface area contributed by atoms with Crippen LogP contribution in [0.1, 0.15) is 45.2 Å². The fraction of sp³-hybridized carbons (Fsp3) is 0.714. The highest BCUT2D eigenvalue weighted by Gasteiger charge is 2.55. The molecule has 1 spiro atoms. The van der Waals surface area contributed by atoms with Crippen molar-refractivity contribution in [2.24, 2.45) is 7.05 Å². The third-order valence-electron chi connectivity index (χ3n) is 4.67. The normalized spacial score (nSPS) is 23.7. The Morgan fingerprint density at radius 3 is 2.52 bits per heavy atom. The van der Waals surface area contributed by atoms with Crippen LogP contribution in [0, 0.1) is 0 Å². The molecule has 2 fully saturated rings. The van der Waals surface area contributed by atoms with Gasteiger partial charge in [0.05, 0.1) is 6.54 Å². The van der Waals surface area contributed by atoms with Crippen LogP contribution in [-0.2, 0) is 23.2 Å². The molecule has 0 aromatic carbocycles. The highest BCUT2D eigenvalue weighted by atomic mass is 16.2. The van der Waals surface area contributed by atoms with Crippen LogP contribution >= 0.6 is 0 Å². The van der Waals surface area contributed by atoms with Crippen LogP contribution in [0.2, 0.25) is 0 Å². The molecule has 0 radical (unpaired) electrons. The molecule has 1 aromatic heterocycles. The third kappa shape index (κ3) is 2.11. The Hall–Kier alpha value is -1.92. The lowest BCUT2D eigenvalue weighted by atomic mass is 9.86. The van der Waals surface area contributed by atoms with E-state index in [1.165, 1.54) is 0 Å². The molecular formula is C14H21N5O2. The number of carbonyl (C=O) groups is 2. The van der Waals surface area contributed by atoms with Crippen LogP contribution in [0.5, 0.6) is 0 Å². The van der Waals surface area contributed by atoms with Crippen molar-refractivity contribution in [2.45, 2.75) is 57.2 Å². The first kappa shape index (κ1) is 14.0. The second kappa shape index (κ2) is 4.54. The van der Waals surface area contributed by atoms with Crippen molar-refractivity contribution < 1.29 is 9.59 Å². The van der Waals surface area contributed by atoms with Crippen LogP contribution < -0.4 is 5.32 Å². The quantitative estimate of drug-likeness (QED) is 0.853. The molecule has 3 rings (SSSR count). The van der Waals surface area contributed by atoms with E-state index < -0.39 is 11.1 Å². The number of carbonyl (C=O) groups excluding carboxylic acids is 2. The van der Waals surface area contributed by atoms with E-state index in [0.29, 0.717) is 12.2 Å². The molecule has 0 unspecified atom stereocenters. The van der Waals surface area contributed by atoms with E-state index in [9.17, 15) is 9.59 Å². The predicted octanol–water partition coefficient (Wildman–Crippen LogP) is 0.365. The molecule has 1 N–H and O–H groups in total. The van der Waals surface area contributed by atoms with Crippen molar-refractivity contribution in [1.29, 1.82) is 0 Å². The lowest BCUT2D eigenvalue weighted by Gasteiger charge is -2.48. The van der Waals surface area contributed by atoms with E-state index in [1.54, 1.807) is 36.7 Å². The fourth-order valence-corrected chi connectivity index (χ4v) is 3.28. The molecule has 1 aliphatic heterocycles. The maximum atomic E-state index is 13.0. The van der Waals surface area contributed by atoms with Gasteiger partial charge < -0.3 is 10.2 Å². The largest absolute Gasteiger partial charge is 0.340 e. The zero-order chi connectivity index (χ0) is 15.3. The third-order valence-corrected chi connectivity index (χ3v) is 4.67. The SMILES string of the molecule is Cn1cc(CN2C(=O)C3(CCCC3)NC(=O)C2(C)C)nn1. The minimum absolute atomic E-state index is 0.00949. The van der Waals surface area contributed by atoms with E-state index >= 15 is 0 Å². The minimum atomic E-state index is -0.873. The Balaban J connectivity index is 1.93. The average molecular weight is 291 g/mol. The first-order valence-electron chi connectivity index (χ1n) is 7.35. The molecule has 2 amide bonds. The number of piperazine rings is 1. The lowest BCUT2D eigenvalue weighted by molar-refractivity contribution is -0.161. The van der Waals surface area contributed by atoms with Gasteiger partial charge in [-0.3, -0.25) is 14.3 Å². The Morgan fingerprint density at radius 1 is 1.29 bits per heavy atom. The van der Waals surface area contributed by atoms with Gasteiger partial charge in [0.25, 0.3) is 0 Å². The van der Waals surface area contributed by atoms with Gasteiger partial charge >= 0.3 is 0 Å². The molecule has 1 saturated heterocycles. The molecule has 7 nitrogen and oxygen atoms in total. The fourth-order valence-electron chi connectivity index (χ4n) is 3.28. The number of nitrogens with one attached hydrogen (secondary N) is 1. The summed E-state index contributed by atoms with van der Waals surface area (Å²) in [5.41, 5.74) is -0.876. The predicted molar refractivity (Wildman–Crippen MR) is 75.0 cm³/mol. The molecule has 0 atom stereocenters. The summed E-state index contributed by atoms with van der Waals surface area (Å²) < 4.78 is 1.60. The Kier molecular flexibility index (Phi) is 3.04. The zero-order valence-corrected chi connectivity index (χ0v) is 12.7. The number of hydrogen-bond donors (Lipinski definition) is 1. The number of amides is 2. The molecule has 1 aromatic rings. The van der Waals surface area contributed by atoms with E-state index in [2.05, 4.69) is 15.6 Å². The van der Waals surface area contributed by atoms with Gasteiger partial charge in [-0.2, -0.15) is 0 Å². The van der Waals surface area contributed by atoms with Crippen molar-refractivity contribution in [1.82, 2.24) is 25.2 Å². The van der Waals surface area contributed by atoms with Crippen molar-refractivity contribution in [2.75, 3.05) is 0 Å². The van der Waals surface area contributed by atoms with Crippen molar-refractivity contribution in [3.63, 3.8) is 0 Å². The highest BCUT2D eigenvalue weighted by Crippen LogP contribution is 2.37. The van der Waals surface area contributed by atoms with Crippen molar-refractivity contribution >= 4 is 11.8 Å².